The Kier molecular flexibility index (Phi) is 4.05. The van der Waals surface area contributed by atoms with Crippen LogP contribution in [0.1, 0.15) is 35.8 Å². The van der Waals surface area contributed by atoms with Gasteiger partial charge in [-0.2, -0.15) is 0 Å². The maximum Gasteiger partial charge on any atom is 0.335 e. The van der Waals surface area contributed by atoms with E-state index in [1.54, 1.807) is 12.1 Å². The highest BCUT2D eigenvalue weighted by Gasteiger charge is 2.11. The van der Waals surface area contributed by atoms with Gasteiger partial charge in [-0.25, -0.2) is 9.78 Å². The Bertz CT molecular complexity index is 399. The van der Waals surface area contributed by atoms with Gasteiger partial charge in [0.2, 0.25) is 5.88 Å². The van der Waals surface area contributed by atoms with Crippen molar-refractivity contribution in [2.45, 2.75) is 19.8 Å². The largest absolute Gasteiger partial charge is 0.478 e. The number of aromatic carboxylic acids is 1. The third-order valence-electron chi connectivity index (χ3n) is 2.01. The molecule has 0 saturated heterocycles. The van der Waals surface area contributed by atoms with Crippen LogP contribution in [0.25, 0.3) is 0 Å². The molecule has 16 heavy (non-hydrogen) atoms. The van der Waals surface area contributed by atoms with Crippen LogP contribution in [0.4, 0.5) is 0 Å². The highest BCUT2D eigenvalue weighted by molar-refractivity contribution is 5.88. The van der Waals surface area contributed by atoms with Gasteiger partial charge in [-0.3, -0.25) is 0 Å². The van der Waals surface area contributed by atoms with E-state index in [1.165, 1.54) is 6.07 Å². The molecule has 0 bridgehead atoms. The van der Waals surface area contributed by atoms with Gasteiger partial charge in [0, 0.05) is 11.8 Å². The Balaban J connectivity index is 3.08. The van der Waals surface area contributed by atoms with E-state index < -0.39 is 5.97 Å². The molecular weight excluding hydrogens is 206 g/mol. The maximum atomic E-state index is 10.9. The second-order valence-corrected chi connectivity index (χ2v) is 3.68. The first-order valence-electron chi connectivity index (χ1n) is 5.03. The van der Waals surface area contributed by atoms with Crippen molar-refractivity contribution in [3.05, 3.63) is 36.0 Å². The lowest BCUT2D eigenvalue weighted by atomic mass is 10.1. The van der Waals surface area contributed by atoms with Crippen molar-refractivity contribution in [2.75, 3.05) is 6.61 Å². The summed E-state index contributed by atoms with van der Waals surface area (Å²) in [5.74, 6) is -0.498. The van der Waals surface area contributed by atoms with Crippen LogP contribution in [-0.4, -0.2) is 22.7 Å². The molecule has 1 aromatic rings. The van der Waals surface area contributed by atoms with Gasteiger partial charge < -0.3 is 9.84 Å². The van der Waals surface area contributed by atoms with Crippen molar-refractivity contribution in [1.82, 2.24) is 4.98 Å². The quantitative estimate of drug-likeness (QED) is 0.776. The second kappa shape index (κ2) is 5.30. The molecule has 0 aliphatic carbocycles. The number of ether oxygens (including phenoxy) is 1. The second-order valence-electron chi connectivity index (χ2n) is 3.68. The van der Waals surface area contributed by atoms with Crippen molar-refractivity contribution < 1.29 is 14.6 Å². The Labute approximate surface area is 94.6 Å². The average molecular weight is 221 g/mol. The third-order valence-corrected chi connectivity index (χ3v) is 2.01. The minimum atomic E-state index is -0.979. The Morgan fingerprint density at radius 2 is 2.31 bits per heavy atom. The number of carbonyl (C=O) groups is 1. The fraction of sp³-hybridized carbons (Fsp3) is 0.333. The molecule has 1 N–H and O–H groups in total. The van der Waals surface area contributed by atoms with Crippen LogP contribution in [0.5, 0.6) is 5.88 Å². The zero-order valence-corrected chi connectivity index (χ0v) is 9.43. The first-order valence-corrected chi connectivity index (χ1v) is 5.03. The van der Waals surface area contributed by atoms with E-state index in [0.717, 1.165) is 0 Å². The van der Waals surface area contributed by atoms with Gasteiger partial charge in [-0.1, -0.05) is 26.5 Å². The van der Waals surface area contributed by atoms with E-state index in [1.807, 2.05) is 13.8 Å². The summed E-state index contributed by atoms with van der Waals surface area (Å²) in [6, 6.07) is 2.98. The molecule has 0 amide bonds. The Morgan fingerprint density at radius 1 is 1.62 bits per heavy atom. The molecular formula is C12H15NO3. The van der Waals surface area contributed by atoms with Crippen molar-refractivity contribution >= 4 is 5.97 Å². The lowest BCUT2D eigenvalue weighted by molar-refractivity contribution is 0.0696. The predicted molar refractivity (Wildman–Crippen MR) is 61.0 cm³/mol. The smallest absolute Gasteiger partial charge is 0.335 e. The fourth-order valence-electron chi connectivity index (χ4n) is 1.16. The molecule has 0 fully saturated rings. The van der Waals surface area contributed by atoms with Gasteiger partial charge >= 0.3 is 5.97 Å². The fourth-order valence-corrected chi connectivity index (χ4v) is 1.16. The molecule has 0 atom stereocenters. The van der Waals surface area contributed by atoms with Crippen molar-refractivity contribution in [3.8, 4) is 5.88 Å². The minimum absolute atomic E-state index is 0.158. The first kappa shape index (κ1) is 12.2. The molecule has 1 heterocycles. The van der Waals surface area contributed by atoms with Crippen LogP contribution < -0.4 is 4.74 Å². The number of carboxylic acids is 1. The molecule has 0 aliphatic rings. The van der Waals surface area contributed by atoms with Gasteiger partial charge in [0.25, 0.3) is 0 Å². The highest BCUT2D eigenvalue weighted by atomic mass is 16.5. The number of hydrogen-bond acceptors (Lipinski definition) is 3. The number of aromatic nitrogens is 1. The van der Waals surface area contributed by atoms with Gasteiger partial charge in [0.1, 0.15) is 6.61 Å². The third kappa shape index (κ3) is 3.08. The number of carboxylic acid groups (broad SMARTS) is 1. The summed E-state index contributed by atoms with van der Waals surface area (Å²) in [4.78, 5) is 15.1. The highest BCUT2D eigenvalue weighted by Crippen LogP contribution is 2.19. The van der Waals surface area contributed by atoms with Crippen LogP contribution >= 0.6 is 0 Å². The normalized spacial score (nSPS) is 10.2. The lowest BCUT2D eigenvalue weighted by Gasteiger charge is -2.09. The SMILES string of the molecule is C=CCOc1cc(C(=O)O)cc(C(C)C)n1. The van der Waals surface area contributed by atoms with E-state index in [9.17, 15) is 4.79 Å². The van der Waals surface area contributed by atoms with Crippen molar-refractivity contribution in [2.24, 2.45) is 0 Å². The van der Waals surface area contributed by atoms with Crippen LogP contribution in [0.2, 0.25) is 0 Å². The Morgan fingerprint density at radius 3 is 2.81 bits per heavy atom. The van der Waals surface area contributed by atoms with E-state index in [-0.39, 0.29) is 11.5 Å². The van der Waals surface area contributed by atoms with Crippen LogP contribution in [0.3, 0.4) is 0 Å². The lowest BCUT2D eigenvalue weighted by Crippen LogP contribution is -2.04. The van der Waals surface area contributed by atoms with Gasteiger partial charge in [-0.05, 0) is 12.0 Å². The summed E-state index contributed by atoms with van der Waals surface area (Å²) in [5, 5.41) is 8.94. The summed E-state index contributed by atoms with van der Waals surface area (Å²) in [5.41, 5.74) is 0.900. The molecule has 0 unspecified atom stereocenters. The van der Waals surface area contributed by atoms with E-state index in [4.69, 9.17) is 9.84 Å². The number of rotatable bonds is 5. The summed E-state index contributed by atoms with van der Waals surface area (Å²) in [7, 11) is 0. The summed E-state index contributed by atoms with van der Waals surface area (Å²) >= 11 is 0. The zero-order chi connectivity index (χ0) is 12.1. The predicted octanol–water partition coefficient (Wildman–Crippen LogP) is 2.47. The summed E-state index contributed by atoms with van der Waals surface area (Å²) in [6.45, 7) is 7.73. The number of hydrogen-bond donors (Lipinski definition) is 1. The van der Waals surface area contributed by atoms with Crippen LogP contribution in [-0.2, 0) is 0 Å². The molecule has 4 heteroatoms. The van der Waals surface area contributed by atoms with Crippen molar-refractivity contribution in [3.63, 3.8) is 0 Å². The Hall–Kier alpha value is -1.84. The molecule has 0 aromatic carbocycles. The minimum Gasteiger partial charge on any atom is -0.478 e. The molecule has 1 rings (SSSR count). The summed E-state index contributed by atoms with van der Waals surface area (Å²) < 4.78 is 5.24. The van der Waals surface area contributed by atoms with Crippen LogP contribution in [0.15, 0.2) is 24.8 Å². The molecule has 0 radical (unpaired) electrons. The standard InChI is InChI=1S/C12H15NO3/c1-4-5-16-11-7-9(12(14)15)6-10(13-11)8(2)3/h4,6-8H,1,5H2,2-3H3,(H,14,15). The molecule has 4 nitrogen and oxygen atoms in total. The van der Waals surface area contributed by atoms with Crippen LogP contribution in [0, 0.1) is 0 Å². The van der Waals surface area contributed by atoms with Gasteiger partial charge in [0.05, 0.1) is 5.56 Å². The molecule has 0 aliphatic heterocycles. The molecule has 0 saturated carbocycles. The first-order chi connectivity index (χ1) is 7.54. The van der Waals surface area contributed by atoms with E-state index in [0.29, 0.717) is 18.2 Å². The molecule has 86 valence electrons. The van der Waals surface area contributed by atoms with E-state index >= 15 is 0 Å². The summed E-state index contributed by atoms with van der Waals surface area (Å²) in [6.07, 6.45) is 1.59. The van der Waals surface area contributed by atoms with Crippen molar-refractivity contribution in [1.29, 1.82) is 0 Å². The topological polar surface area (TPSA) is 59.4 Å². The number of nitrogens with zero attached hydrogens (tertiary/aromatic N) is 1. The average Bonchev–Trinajstić information content (AvgIpc) is 2.25. The monoisotopic (exact) mass is 221 g/mol. The van der Waals surface area contributed by atoms with Gasteiger partial charge in [0.15, 0.2) is 0 Å². The zero-order valence-electron chi connectivity index (χ0n) is 9.43. The molecule has 1 aromatic heterocycles. The maximum absolute atomic E-state index is 10.9. The molecule has 0 spiro atoms. The number of pyridine rings is 1. The van der Waals surface area contributed by atoms with Gasteiger partial charge in [-0.15, -0.1) is 0 Å². The van der Waals surface area contributed by atoms with E-state index in [2.05, 4.69) is 11.6 Å².